The van der Waals surface area contributed by atoms with Crippen LogP contribution in [0.4, 0.5) is 17.5 Å². The van der Waals surface area contributed by atoms with Gasteiger partial charge in [-0.15, -0.1) is 0 Å². The first-order valence-corrected chi connectivity index (χ1v) is 12.7. The normalized spacial score (nSPS) is 17.3. The van der Waals surface area contributed by atoms with Crippen molar-refractivity contribution in [1.29, 1.82) is 0 Å². The van der Waals surface area contributed by atoms with Gasteiger partial charge < -0.3 is 15.0 Å². The van der Waals surface area contributed by atoms with Crippen LogP contribution in [0.15, 0.2) is 53.5 Å². The summed E-state index contributed by atoms with van der Waals surface area (Å²) in [6, 6.07) is 9.02. The van der Waals surface area contributed by atoms with Crippen molar-refractivity contribution >= 4 is 40.3 Å². The van der Waals surface area contributed by atoms with Gasteiger partial charge in [-0.3, -0.25) is 19.3 Å². The average molecular weight is 525 g/mol. The van der Waals surface area contributed by atoms with Gasteiger partial charge in [0.25, 0.3) is 17.4 Å². The molecule has 1 aromatic carbocycles. The molecule has 0 spiro atoms. The SMILES string of the molecule is CN1Cc2cc(Nc3ncc4c(=O)n5n(c4n3)-c3ccc4c(n3)N(CCC/C=C\C5)C(=O)CO4)ccc2C1=O. The lowest BCUT2D eigenvalue weighted by Gasteiger charge is -2.28. The molecular weight excluding hydrogens is 500 g/mol. The number of nitrogens with zero attached hydrogens (tertiary/aromatic N) is 7. The van der Waals surface area contributed by atoms with Crippen LogP contribution in [-0.2, 0) is 17.9 Å². The van der Waals surface area contributed by atoms with Gasteiger partial charge in [0.2, 0.25) is 5.95 Å². The first-order chi connectivity index (χ1) is 19.0. The molecule has 3 aliphatic rings. The lowest BCUT2D eigenvalue weighted by atomic mass is 10.1. The number of amides is 2. The Morgan fingerprint density at radius 1 is 1.05 bits per heavy atom. The van der Waals surface area contributed by atoms with Gasteiger partial charge in [0.05, 0.1) is 6.54 Å². The third-order valence-corrected chi connectivity index (χ3v) is 7.17. The van der Waals surface area contributed by atoms with Gasteiger partial charge in [-0.05, 0) is 48.7 Å². The Kier molecular flexibility index (Phi) is 5.22. The van der Waals surface area contributed by atoms with Crippen molar-refractivity contribution in [3.05, 3.63) is 70.2 Å². The Bertz CT molecular complexity index is 1770. The van der Waals surface area contributed by atoms with Crippen LogP contribution < -0.4 is 20.5 Å². The van der Waals surface area contributed by atoms with E-state index >= 15 is 0 Å². The maximum Gasteiger partial charge on any atom is 0.278 e. The molecule has 0 radical (unpaired) electrons. The largest absolute Gasteiger partial charge is 0.480 e. The monoisotopic (exact) mass is 524 g/mol. The van der Waals surface area contributed by atoms with Crippen molar-refractivity contribution < 1.29 is 14.3 Å². The number of rotatable bonds is 2. The third kappa shape index (κ3) is 3.75. The van der Waals surface area contributed by atoms with Crippen LogP contribution in [0.3, 0.4) is 0 Å². The minimum absolute atomic E-state index is 0.00324. The summed E-state index contributed by atoms with van der Waals surface area (Å²) in [5, 5.41) is 3.54. The fourth-order valence-corrected chi connectivity index (χ4v) is 5.23. The molecule has 12 nitrogen and oxygen atoms in total. The summed E-state index contributed by atoms with van der Waals surface area (Å²) in [4.78, 5) is 55.5. The number of benzene rings is 1. The zero-order valence-corrected chi connectivity index (χ0v) is 21.1. The van der Waals surface area contributed by atoms with Crippen LogP contribution in [0.1, 0.15) is 28.8 Å². The van der Waals surface area contributed by atoms with Crippen LogP contribution in [0, 0.1) is 0 Å². The van der Waals surface area contributed by atoms with Crippen molar-refractivity contribution in [2.45, 2.75) is 25.9 Å². The van der Waals surface area contributed by atoms with Gasteiger partial charge in [-0.25, -0.2) is 19.3 Å². The molecule has 2 amide bonds. The van der Waals surface area contributed by atoms with Gasteiger partial charge in [-0.2, -0.15) is 4.98 Å². The molecule has 0 atom stereocenters. The van der Waals surface area contributed by atoms with Gasteiger partial charge >= 0.3 is 0 Å². The lowest BCUT2D eigenvalue weighted by Crippen LogP contribution is -2.40. The fourth-order valence-electron chi connectivity index (χ4n) is 5.23. The lowest BCUT2D eigenvalue weighted by molar-refractivity contribution is -0.121. The Morgan fingerprint density at radius 2 is 1.95 bits per heavy atom. The maximum absolute atomic E-state index is 13.4. The van der Waals surface area contributed by atoms with E-state index in [0.717, 1.165) is 24.1 Å². The molecule has 0 unspecified atom stereocenters. The number of hydrogen-bond donors (Lipinski definition) is 1. The topological polar surface area (TPSA) is 127 Å². The predicted molar refractivity (Wildman–Crippen MR) is 143 cm³/mol. The molecule has 3 aliphatic heterocycles. The molecule has 0 fully saturated rings. The highest BCUT2D eigenvalue weighted by molar-refractivity contribution is 5.99. The van der Waals surface area contributed by atoms with E-state index in [1.165, 1.54) is 6.20 Å². The van der Waals surface area contributed by atoms with Crippen molar-refractivity contribution in [2.24, 2.45) is 0 Å². The van der Waals surface area contributed by atoms with E-state index in [-0.39, 0.29) is 24.0 Å². The number of allylic oxidation sites excluding steroid dienone is 2. The molecule has 4 aromatic rings. The quantitative estimate of drug-likeness (QED) is 0.396. The zero-order chi connectivity index (χ0) is 26.7. The second-order valence-corrected chi connectivity index (χ2v) is 9.73. The Balaban J connectivity index is 1.35. The third-order valence-electron chi connectivity index (χ3n) is 7.17. The van der Waals surface area contributed by atoms with E-state index in [4.69, 9.17) is 14.7 Å². The minimum atomic E-state index is -0.249. The van der Waals surface area contributed by atoms with Crippen LogP contribution in [0.2, 0.25) is 0 Å². The maximum atomic E-state index is 13.4. The molecule has 196 valence electrons. The number of carbonyl (C=O) groups is 2. The van der Waals surface area contributed by atoms with Gasteiger partial charge in [-0.1, -0.05) is 12.2 Å². The molecule has 39 heavy (non-hydrogen) atoms. The summed E-state index contributed by atoms with van der Waals surface area (Å²) >= 11 is 0. The van der Waals surface area contributed by atoms with E-state index < -0.39 is 0 Å². The molecule has 12 heteroatoms. The van der Waals surface area contributed by atoms with Gasteiger partial charge in [0, 0.05) is 37.6 Å². The molecule has 0 saturated heterocycles. The van der Waals surface area contributed by atoms with E-state index in [0.29, 0.717) is 59.6 Å². The summed E-state index contributed by atoms with van der Waals surface area (Å²) in [6.45, 7) is 1.35. The van der Waals surface area contributed by atoms with E-state index in [2.05, 4.69) is 10.3 Å². The fraction of sp³-hybridized carbons (Fsp3) is 0.259. The highest BCUT2D eigenvalue weighted by Gasteiger charge is 2.29. The summed E-state index contributed by atoms with van der Waals surface area (Å²) in [5.74, 6) is 1.52. The van der Waals surface area contributed by atoms with Crippen molar-refractivity contribution in [2.75, 3.05) is 30.4 Å². The van der Waals surface area contributed by atoms with Crippen LogP contribution >= 0.6 is 0 Å². The van der Waals surface area contributed by atoms with Crippen molar-refractivity contribution in [3.8, 4) is 11.6 Å². The molecule has 0 aliphatic carbocycles. The first-order valence-electron chi connectivity index (χ1n) is 12.7. The number of anilines is 3. The number of aromatic nitrogens is 5. The number of carbonyl (C=O) groups excluding carboxylic acids is 2. The van der Waals surface area contributed by atoms with E-state index in [9.17, 15) is 14.4 Å². The van der Waals surface area contributed by atoms with Crippen LogP contribution in [-0.4, -0.2) is 61.2 Å². The smallest absolute Gasteiger partial charge is 0.278 e. The minimum Gasteiger partial charge on any atom is -0.480 e. The summed E-state index contributed by atoms with van der Waals surface area (Å²) in [6.07, 6.45) is 6.97. The second-order valence-electron chi connectivity index (χ2n) is 9.73. The molecular formula is C27H24N8O4. The van der Waals surface area contributed by atoms with Gasteiger partial charge in [0.15, 0.2) is 29.6 Å². The standard InChI is InChI=1S/C27H24N8O4/c1-32-14-16-12-17(6-7-18(16)25(32)37)29-27-28-13-19-23(31-27)35-21-9-8-20-24(30-21)33(22(36)15-39-20)10-4-2-3-5-11-34(35)26(19)38/h3,5-9,12-13H,2,4,10-11,14-15H2,1H3,(H,28,29,31)/b5-3-. The number of pyridine rings is 1. The summed E-state index contributed by atoms with van der Waals surface area (Å²) in [7, 11) is 1.77. The Morgan fingerprint density at radius 3 is 2.85 bits per heavy atom. The van der Waals surface area contributed by atoms with E-state index in [1.54, 1.807) is 44.4 Å². The zero-order valence-electron chi connectivity index (χ0n) is 21.1. The molecule has 1 N–H and O–H groups in total. The van der Waals surface area contributed by atoms with Crippen molar-refractivity contribution in [1.82, 2.24) is 29.2 Å². The van der Waals surface area contributed by atoms with Crippen LogP contribution in [0.5, 0.6) is 5.75 Å². The number of ether oxygens (including phenoxy) is 1. The molecule has 6 heterocycles. The Hall–Kier alpha value is -5.00. The number of hydrogen-bond acceptors (Lipinski definition) is 8. The highest BCUT2D eigenvalue weighted by Crippen LogP contribution is 2.32. The highest BCUT2D eigenvalue weighted by atomic mass is 16.5. The molecule has 7 rings (SSSR count). The predicted octanol–water partition coefficient (Wildman–Crippen LogP) is 2.38. The van der Waals surface area contributed by atoms with E-state index in [1.807, 2.05) is 24.3 Å². The molecule has 2 bridgehead atoms. The Labute approximate surface area is 222 Å². The summed E-state index contributed by atoms with van der Waals surface area (Å²) in [5.41, 5.74) is 2.46. The molecule has 3 aromatic heterocycles. The average Bonchev–Trinajstić information content (AvgIpc) is 3.37. The molecule has 0 saturated carbocycles. The first kappa shape index (κ1) is 23.1. The second kappa shape index (κ2) is 8.79. The number of fused-ring (bicyclic) bond motifs is 6. The van der Waals surface area contributed by atoms with Gasteiger partial charge in [0.1, 0.15) is 5.39 Å². The van der Waals surface area contributed by atoms with Crippen LogP contribution in [0.25, 0.3) is 16.9 Å². The number of nitrogens with one attached hydrogen (secondary N) is 1. The van der Waals surface area contributed by atoms with Crippen molar-refractivity contribution in [3.63, 3.8) is 0 Å². The summed E-state index contributed by atoms with van der Waals surface area (Å²) < 4.78 is 8.84.